The average Bonchev–Trinajstić information content (AvgIpc) is 2.38. The van der Waals surface area contributed by atoms with Gasteiger partial charge in [0.2, 0.25) is 0 Å². The number of nitrogens with one attached hydrogen (secondary N) is 2. The lowest BCUT2D eigenvalue weighted by molar-refractivity contribution is 0.601. The third-order valence-electron chi connectivity index (χ3n) is 2.34. The Morgan fingerprint density at radius 1 is 1.30 bits per heavy atom. The number of hydrogen-bond donors (Lipinski definition) is 3. The molecule has 0 radical (unpaired) electrons. The molecule has 106 valence electrons. The van der Waals surface area contributed by atoms with Crippen LogP contribution >= 0.6 is 34.2 Å². The molecule has 0 aliphatic carbocycles. The summed E-state index contributed by atoms with van der Waals surface area (Å²) in [6, 6.07) is 8.26. The van der Waals surface area contributed by atoms with E-state index in [4.69, 9.17) is 17.4 Å². The number of sulfonamides is 1. The Morgan fingerprint density at radius 2 is 2.05 bits per heavy atom. The number of hydrogen-bond acceptors (Lipinski definition) is 5. The molecule has 0 atom stereocenters. The quantitative estimate of drug-likeness (QED) is 0.398. The summed E-state index contributed by atoms with van der Waals surface area (Å²) in [4.78, 5) is 3.79. The lowest BCUT2D eigenvalue weighted by Crippen LogP contribution is -2.15. The molecule has 0 saturated carbocycles. The zero-order chi connectivity index (χ0) is 14.8. The molecule has 0 aliphatic heterocycles. The third-order valence-corrected chi connectivity index (χ3v) is 4.65. The van der Waals surface area contributed by atoms with E-state index in [-0.39, 0.29) is 15.7 Å². The van der Waals surface area contributed by atoms with Crippen molar-refractivity contribution >= 4 is 55.7 Å². The van der Waals surface area contributed by atoms with Gasteiger partial charge >= 0.3 is 0 Å². The minimum Gasteiger partial charge on any atom is -0.307 e. The van der Waals surface area contributed by atoms with Gasteiger partial charge < -0.3 is 5.43 Å². The third kappa shape index (κ3) is 3.51. The number of aromatic nitrogens is 1. The minimum absolute atomic E-state index is 0.0413. The highest BCUT2D eigenvalue weighted by Crippen LogP contribution is 2.23. The number of pyridine rings is 1. The highest BCUT2D eigenvalue weighted by molar-refractivity contribution is 14.1. The van der Waals surface area contributed by atoms with E-state index >= 15 is 0 Å². The van der Waals surface area contributed by atoms with Gasteiger partial charge in [-0.25, -0.2) is 19.2 Å². The maximum atomic E-state index is 12.2. The van der Waals surface area contributed by atoms with Crippen molar-refractivity contribution in [3.63, 3.8) is 0 Å². The van der Waals surface area contributed by atoms with Crippen LogP contribution in [0, 0.1) is 3.57 Å². The maximum Gasteiger partial charge on any atom is 0.263 e. The van der Waals surface area contributed by atoms with E-state index < -0.39 is 10.0 Å². The molecule has 4 N–H and O–H groups in total. The first-order chi connectivity index (χ1) is 9.42. The van der Waals surface area contributed by atoms with Crippen LogP contribution in [0.3, 0.4) is 0 Å². The normalized spacial score (nSPS) is 11.2. The molecular weight excluding hydrogens is 415 g/mol. The molecule has 0 aliphatic rings. The smallest absolute Gasteiger partial charge is 0.263 e. The fourth-order valence-electron chi connectivity index (χ4n) is 1.44. The number of nitrogen functional groups attached to an aromatic ring is 1. The Balaban J connectivity index is 2.33. The summed E-state index contributed by atoms with van der Waals surface area (Å²) in [5.41, 5.74) is 2.74. The fraction of sp³-hybridized carbons (Fsp3) is 0. The molecule has 1 aromatic carbocycles. The van der Waals surface area contributed by atoms with Crippen LogP contribution in [-0.2, 0) is 10.0 Å². The van der Waals surface area contributed by atoms with Crippen LogP contribution in [0.1, 0.15) is 0 Å². The Bertz CT molecular complexity index is 739. The summed E-state index contributed by atoms with van der Waals surface area (Å²) in [6.07, 6.45) is 1.18. The van der Waals surface area contributed by atoms with E-state index in [9.17, 15) is 8.42 Å². The van der Waals surface area contributed by atoms with Gasteiger partial charge in [0.25, 0.3) is 10.0 Å². The van der Waals surface area contributed by atoms with E-state index in [1.54, 1.807) is 18.2 Å². The summed E-state index contributed by atoms with van der Waals surface area (Å²) >= 11 is 7.96. The van der Waals surface area contributed by atoms with Crippen LogP contribution in [0.25, 0.3) is 0 Å². The van der Waals surface area contributed by atoms with Crippen LogP contribution in [0.5, 0.6) is 0 Å². The number of nitrogens with two attached hydrogens (primary N) is 1. The molecule has 20 heavy (non-hydrogen) atoms. The molecule has 1 aromatic heterocycles. The van der Waals surface area contributed by atoms with Gasteiger partial charge in [-0.15, -0.1) is 0 Å². The highest BCUT2D eigenvalue weighted by Gasteiger charge is 2.16. The number of halogens is 2. The van der Waals surface area contributed by atoms with Gasteiger partial charge in [-0.05, 0) is 46.9 Å². The van der Waals surface area contributed by atoms with Crippen molar-refractivity contribution in [3.8, 4) is 0 Å². The topological polar surface area (TPSA) is 97.1 Å². The number of nitrogens with zero attached hydrogens (tertiary/aromatic N) is 1. The van der Waals surface area contributed by atoms with Crippen molar-refractivity contribution in [2.45, 2.75) is 4.90 Å². The lowest BCUT2D eigenvalue weighted by Gasteiger charge is -2.09. The first-order valence-corrected chi connectivity index (χ1v) is 8.27. The highest BCUT2D eigenvalue weighted by atomic mass is 127. The van der Waals surface area contributed by atoms with Gasteiger partial charge in [0.1, 0.15) is 4.90 Å². The monoisotopic (exact) mass is 424 g/mol. The average molecular weight is 425 g/mol. The summed E-state index contributed by atoms with van der Waals surface area (Å²) in [7, 11) is -3.75. The van der Waals surface area contributed by atoms with E-state index in [1.165, 1.54) is 12.3 Å². The SMILES string of the molecule is NNc1ncc(S(=O)(=O)Nc2cccc(I)c2)cc1Cl. The van der Waals surface area contributed by atoms with E-state index in [0.29, 0.717) is 5.69 Å². The van der Waals surface area contributed by atoms with Crippen molar-refractivity contribution in [3.05, 3.63) is 45.1 Å². The minimum atomic E-state index is -3.75. The number of anilines is 2. The Labute approximate surface area is 134 Å². The Morgan fingerprint density at radius 3 is 2.65 bits per heavy atom. The summed E-state index contributed by atoms with van der Waals surface area (Å²) in [5, 5.41) is 0.123. The number of benzene rings is 1. The van der Waals surface area contributed by atoms with Gasteiger partial charge in [-0.1, -0.05) is 17.7 Å². The first-order valence-electron chi connectivity index (χ1n) is 5.33. The molecule has 0 amide bonds. The second kappa shape index (κ2) is 6.12. The molecule has 6 nitrogen and oxygen atoms in total. The first kappa shape index (κ1) is 15.3. The zero-order valence-corrected chi connectivity index (χ0v) is 13.7. The molecule has 9 heteroatoms. The summed E-state index contributed by atoms with van der Waals surface area (Å²) in [6.45, 7) is 0. The van der Waals surface area contributed by atoms with Crippen molar-refractivity contribution in [1.29, 1.82) is 0 Å². The van der Waals surface area contributed by atoms with Crippen LogP contribution in [0.4, 0.5) is 11.5 Å². The van der Waals surface area contributed by atoms with Crippen LogP contribution < -0.4 is 16.0 Å². The van der Waals surface area contributed by atoms with Crippen LogP contribution in [-0.4, -0.2) is 13.4 Å². The van der Waals surface area contributed by atoms with E-state index in [2.05, 4.69) is 37.7 Å². The summed E-state index contributed by atoms with van der Waals surface area (Å²) in [5.74, 6) is 5.40. The molecular formula is C11H10ClIN4O2S. The van der Waals surface area contributed by atoms with Gasteiger partial charge in [0.05, 0.1) is 5.02 Å². The largest absolute Gasteiger partial charge is 0.307 e. The van der Waals surface area contributed by atoms with E-state index in [1.807, 2.05) is 6.07 Å². The number of hydrazine groups is 1. The van der Waals surface area contributed by atoms with Gasteiger partial charge in [-0.3, -0.25) is 4.72 Å². The molecule has 2 aromatic rings. The molecule has 2 rings (SSSR count). The molecule has 0 fully saturated rings. The second-order valence-corrected chi connectivity index (χ2v) is 7.10. The standard InChI is InChI=1S/C11H10ClIN4O2S/c12-10-5-9(6-15-11(10)16-14)20(18,19)17-8-3-1-2-7(13)4-8/h1-6,17H,14H2,(H,15,16). The molecule has 0 unspecified atom stereocenters. The fourth-order valence-corrected chi connectivity index (χ4v) is 3.29. The maximum absolute atomic E-state index is 12.2. The molecule has 1 heterocycles. The summed E-state index contributed by atoms with van der Waals surface area (Å²) < 4.78 is 27.8. The number of rotatable bonds is 4. The van der Waals surface area contributed by atoms with Gasteiger partial charge in [-0.2, -0.15) is 0 Å². The van der Waals surface area contributed by atoms with Crippen LogP contribution in [0.15, 0.2) is 41.4 Å². The van der Waals surface area contributed by atoms with Crippen molar-refractivity contribution in [1.82, 2.24) is 4.98 Å². The molecule has 0 bridgehead atoms. The van der Waals surface area contributed by atoms with Crippen molar-refractivity contribution in [2.75, 3.05) is 10.1 Å². The molecule has 0 spiro atoms. The van der Waals surface area contributed by atoms with E-state index in [0.717, 1.165) is 3.57 Å². The van der Waals surface area contributed by atoms with Crippen LogP contribution in [0.2, 0.25) is 5.02 Å². The predicted octanol–water partition coefficient (Wildman–Crippen LogP) is 2.43. The predicted molar refractivity (Wildman–Crippen MR) is 87.0 cm³/mol. The molecule has 0 saturated heterocycles. The van der Waals surface area contributed by atoms with Gasteiger partial charge in [0.15, 0.2) is 5.82 Å². The van der Waals surface area contributed by atoms with Crippen molar-refractivity contribution < 1.29 is 8.42 Å². The zero-order valence-electron chi connectivity index (χ0n) is 9.97. The van der Waals surface area contributed by atoms with Crippen molar-refractivity contribution in [2.24, 2.45) is 5.84 Å². The Hall–Kier alpha value is -1.10. The lowest BCUT2D eigenvalue weighted by atomic mass is 10.3. The Kier molecular flexibility index (Phi) is 4.68. The second-order valence-electron chi connectivity index (χ2n) is 3.76. The van der Waals surface area contributed by atoms with Gasteiger partial charge in [0, 0.05) is 15.5 Å².